The van der Waals surface area contributed by atoms with Gasteiger partial charge in [-0.3, -0.25) is 9.52 Å². The average molecular weight is 453 g/mol. The minimum atomic E-state index is -3.75. The van der Waals surface area contributed by atoms with Gasteiger partial charge in [-0.25, -0.2) is 8.42 Å². The SMILES string of the molecule is Cc1ccccc1NS(=O)(=O)c1ccc(C(=O)NC(C)c2cccc(OC(C)C)c2)cc1. The third-order valence-corrected chi connectivity index (χ3v) is 6.28. The van der Waals surface area contributed by atoms with Crippen LogP contribution in [0.3, 0.4) is 0 Å². The van der Waals surface area contributed by atoms with Crippen molar-refractivity contribution in [2.24, 2.45) is 0 Å². The number of anilines is 1. The Kier molecular flexibility index (Phi) is 7.20. The predicted molar refractivity (Wildman–Crippen MR) is 127 cm³/mol. The number of amides is 1. The maximum Gasteiger partial charge on any atom is 0.261 e. The van der Waals surface area contributed by atoms with Gasteiger partial charge in [-0.1, -0.05) is 30.3 Å². The summed E-state index contributed by atoms with van der Waals surface area (Å²) >= 11 is 0. The molecule has 3 aromatic carbocycles. The van der Waals surface area contributed by atoms with Crippen molar-refractivity contribution in [1.29, 1.82) is 0 Å². The van der Waals surface area contributed by atoms with Crippen molar-refractivity contribution in [1.82, 2.24) is 5.32 Å². The molecule has 0 bridgehead atoms. The van der Waals surface area contributed by atoms with Crippen molar-refractivity contribution in [3.05, 3.63) is 89.5 Å². The molecule has 0 aliphatic carbocycles. The smallest absolute Gasteiger partial charge is 0.261 e. The van der Waals surface area contributed by atoms with Gasteiger partial charge >= 0.3 is 0 Å². The van der Waals surface area contributed by atoms with Gasteiger partial charge in [0, 0.05) is 5.56 Å². The van der Waals surface area contributed by atoms with Gasteiger partial charge in [-0.2, -0.15) is 0 Å². The molecule has 0 heterocycles. The Morgan fingerprint density at radius 1 is 0.906 bits per heavy atom. The highest BCUT2D eigenvalue weighted by atomic mass is 32.2. The molecule has 0 aromatic heterocycles. The van der Waals surface area contributed by atoms with Crippen molar-refractivity contribution in [2.75, 3.05) is 4.72 Å². The van der Waals surface area contributed by atoms with Crippen molar-refractivity contribution in [2.45, 2.75) is 44.7 Å². The van der Waals surface area contributed by atoms with E-state index in [0.717, 1.165) is 16.9 Å². The van der Waals surface area contributed by atoms with Crippen LogP contribution in [0.15, 0.2) is 77.7 Å². The van der Waals surface area contributed by atoms with Crippen LogP contribution in [0.2, 0.25) is 0 Å². The predicted octanol–water partition coefficient (Wildman–Crippen LogP) is 5.07. The Bertz CT molecular complexity index is 1190. The van der Waals surface area contributed by atoms with Gasteiger partial charge in [-0.15, -0.1) is 0 Å². The van der Waals surface area contributed by atoms with E-state index in [4.69, 9.17) is 4.74 Å². The number of nitrogens with one attached hydrogen (secondary N) is 2. The molecule has 0 spiro atoms. The summed E-state index contributed by atoms with van der Waals surface area (Å²) in [5, 5.41) is 2.94. The number of rotatable bonds is 8. The number of sulfonamides is 1. The number of ether oxygens (including phenoxy) is 1. The first-order valence-corrected chi connectivity index (χ1v) is 11.9. The van der Waals surface area contributed by atoms with Crippen molar-refractivity contribution in [3.8, 4) is 5.75 Å². The lowest BCUT2D eigenvalue weighted by atomic mass is 10.1. The zero-order valence-electron chi connectivity index (χ0n) is 18.6. The quantitative estimate of drug-likeness (QED) is 0.499. The molecule has 0 aliphatic rings. The largest absolute Gasteiger partial charge is 0.491 e. The number of hydrogen-bond acceptors (Lipinski definition) is 4. The first-order valence-electron chi connectivity index (χ1n) is 10.4. The second kappa shape index (κ2) is 9.87. The molecular weight excluding hydrogens is 424 g/mol. The van der Waals surface area contributed by atoms with Crippen LogP contribution >= 0.6 is 0 Å². The summed E-state index contributed by atoms with van der Waals surface area (Å²) in [7, 11) is -3.75. The minimum Gasteiger partial charge on any atom is -0.491 e. The number of hydrogen-bond donors (Lipinski definition) is 2. The number of aryl methyl sites for hydroxylation is 1. The zero-order valence-corrected chi connectivity index (χ0v) is 19.4. The fraction of sp³-hybridized carbons (Fsp3) is 0.240. The summed E-state index contributed by atoms with van der Waals surface area (Å²) in [5.74, 6) is 0.456. The van der Waals surface area contributed by atoms with Crippen LogP contribution in [0.5, 0.6) is 5.75 Å². The van der Waals surface area contributed by atoms with E-state index in [1.807, 2.05) is 64.1 Å². The Morgan fingerprint density at radius 2 is 1.59 bits per heavy atom. The molecule has 0 aliphatic heterocycles. The molecule has 0 fully saturated rings. The van der Waals surface area contributed by atoms with Crippen LogP contribution < -0.4 is 14.8 Å². The van der Waals surface area contributed by atoms with E-state index in [0.29, 0.717) is 11.3 Å². The van der Waals surface area contributed by atoms with Crippen molar-refractivity contribution >= 4 is 21.6 Å². The Morgan fingerprint density at radius 3 is 2.25 bits per heavy atom. The zero-order chi connectivity index (χ0) is 23.3. The van der Waals surface area contributed by atoms with Gasteiger partial charge in [0.25, 0.3) is 15.9 Å². The molecule has 6 nitrogen and oxygen atoms in total. The van der Waals surface area contributed by atoms with E-state index in [9.17, 15) is 13.2 Å². The molecule has 3 aromatic rings. The number of para-hydroxylation sites is 1. The topological polar surface area (TPSA) is 84.5 Å². The molecule has 0 radical (unpaired) electrons. The molecule has 7 heteroatoms. The van der Waals surface area contributed by atoms with E-state index >= 15 is 0 Å². The van der Waals surface area contributed by atoms with E-state index < -0.39 is 10.0 Å². The monoisotopic (exact) mass is 452 g/mol. The molecule has 32 heavy (non-hydrogen) atoms. The summed E-state index contributed by atoms with van der Waals surface area (Å²) < 4.78 is 33.7. The second-order valence-electron chi connectivity index (χ2n) is 7.88. The Balaban J connectivity index is 1.69. The van der Waals surface area contributed by atoms with Gasteiger partial charge < -0.3 is 10.1 Å². The molecular formula is C25H28N2O4S. The molecule has 1 amide bonds. The van der Waals surface area contributed by atoms with Gasteiger partial charge in [0.05, 0.1) is 22.7 Å². The molecule has 1 atom stereocenters. The Labute approximate surface area is 189 Å². The highest BCUT2D eigenvalue weighted by molar-refractivity contribution is 7.92. The highest BCUT2D eigenvalue weighted by Crippen LogP contribution is 2.22. The van der Waals surface area contributed by atoms with E-state index in [1.54, 1.807) is 12.1 Å². The highest BCUT2D eigenvalue weighted by Gasteiger charge is 2.17. The molecule has 2 N–H and O–H groups in total. The lowest BCUT2D eigenvalue weighted by molar-refractivity contribution is 0.0939. The van der Waals surface area contributed by atoms with Crippen LogP contribution in [-0.2, 0) is 10.0 Å². The maximum atomic E-state index is 12.7. The number of carbonyl (C=O) groups excluding carboxylic acids is 1. The molecule has 168 valence electrons. The van der Waals surface area contributed by atoms with Crippen LogP contribution in [-0.4, -0.2) is 20.4 Å². The maximum absolute atomic E-state index is 12.7. The van der Waals surface area contributed by atoms with Gasteiger partial charge in [-0.05, 0) is 81.3 Å². The summed E-state index contributed by atoms with van der Waals surface area (Å²) in [6, 6.07) is 20.4. The minimum absolute atomic E-state index is 0.0604. The van der Waals surface area contributed by atoms with Gasteiger partial charge in [0.1, 0.15) is 5.75 Å². The van der Waals surface area contributed by atoms with Gasteiger partial charge in [0.2, 0.25) is 0 Å². The lowest BCUT2D eigenvalue weighted by Gasteiger charge is -2.17. The normalized spacial score (nSPS) is 12.3. The fourth-order valence-electron chi connectivity index (χ4n) is 3.17. The summed E-state index contributed by atoms with van der Waals surface area (Å²) in [5.41, 5.74) is 2.63. The summed E-state index contributed by atoms with van der Waals surface area (Å²) in [6.45, 7) is 7.63. The van der Waals surface area contributed by atoms with E-state index in [2.05, 4.69) is 10.0 Å². The first-order chi connectivity index (χ1) is 15.2. The van der Waals surface area contributed by atoms with E-state index in [-0.39, 0.29) is 22.9 Å². The molecule has 1 unspecified atom stereocenters. The van der Waals surface area contributed by atoms with Crippen molar-refractivity contribution in [3.63, 3.8) is 0 Å². The first kappa shape index (κ1) is 23.3. The fourth-order valence-corrected chi connectivity index (χ4v) is 4.30. The summed E-state index contributed by atoms with van der Waals surface area (Å²) in [6.07, 6.45) is 0.0604. The Hall–Kier alpha value is -3.32. The molecule has 0 saturated heterocycles. The van der Waals surface area contributed by atoms with Gasteiger partial charge in [0.15, 0.2) is 0 Å². The van der Waals surface area contributed by atoms with Crippen molar-refractivity contribution < 1.29 is 17.9 Å². The van der Waals surface area contributed by atoms with Crippen LogP contribution in [0, 0.1) is 6.92 Å². The standard InChI is InChI=1S/C25H28N2O4S/c1-17(2)31-22-10-7-9-21(16-22)19(4)26-25(28)20-12-14-23(15-13-20)32(29,30)27-24-11-6-5-8-18(24)3/h5-17,19,27H,1-4H3,(H,26,28). The second-order valence-corrected chi connectivity index (χ2v) is 9.56. The molecule has 3 rings (SSSR count). The number of carbonyl (C=O) groups is 1. The third kappa shape index (κ3) is 5.88. The van der Waals surface area contributed by atoms with Crippen LogP contribution in [0.25, 0.3) is 0 Å². The third-order valence-electron chi connectivity index (χ3n) is 4.89. The average Bonchev–Trinajstić information content (AvgIpc) is 2.75. The van der Waals surface area contributed by atoms with E-state index in [1.165, 1.54) is 24.3 Å². The van der Waals surface area contributed by atoms with Crippen LogP contribution in [0.1, 0.15) is 48.3 Å². The number of benzene rings is 3. The lowest BCUT2D eigenvalue weighted by Crippen LogP contribution is -2.26. The van der Waals surface area contributed by atoms with Crippen LogP contribution in [0.4, 0.5) is 5.69 Å². The molecule has 0 saturated carbocycles. The summed E-state index contributed by atoms with van der Waals surface area (Å²) in [4.78, 5) is 12.8.